The molecular formula is C15H26N4O6. The van der Waals surface area contributed by atoms with Crippen molar-refractivity contribution in [2.75, 3.05) is 18.9 Å². The van der Waals surface area contributed by atoms with Crippen molar-refractivity contribution in [3.05, 3.63) is 22.7 Å². The number of esters is 1. The number of hydrogen-bond donors (Lipinski definition) is 4. The Morgan fingerprint density at radius 2 is 1.96 bits per heavy atom. The number of hydrogen-bond acceptors (Lipinski definition) is 9. The zero-order chi connectivity index (χ0) is 19.1. The number of aromatic nitrogens is 2. The van der Waals surface area contributed by atoms with Gasteiger partial charge in [0.25, 0.3) is 0 Å². The van der Waals surface area contributed by atoms with Gasteiger partial charge in [-0.25, -0.2) is 4.79 Å². The van der Waals surface area contributed by atoms with E-state index in [1.165, 1.54) is 19.2 Å². The maximum absolute atomic E-state index is 11.9. The summed E-state index contributed by atoms with van der Waals surface area (Å²) in [5, 5.41) is 19.0. The zero-order valence-electron chi connectivity index (χ0n) is 14.5. The predicted molar refractivity (Wildman–Crippen MR) is 89.4 cm³/mol. The molecule has 0 amide bonds. The van der Waals surface area contributed by atoms with Gasteiger partial charge >= 0.3 is 11.7 Å². The summed E-state index contributed by atoms with van der Waals surface area (Å²) in [6, 6.07) is 0.561. The molecule has 0 saturated carbocycles. The fourth-order valence-corrected chi connectivity index (χ4v) is 1.96. The van der Waals surface area contributed by atoms with Crippen molar-refractivity contribution in [2.24, 2.45) is 11.7 Å². The van der Waals surface area contributed by atoms with Crippen molar-refractivity contribution < 1.29 is 24.5 Å². The molecule has 1 aromatic rings. The van der Waals surface area contributed by atoms with Gasteiger partial charge < -0.3 is 31.2 Å². The van der Waals surface area contributed by atoms with Crippen LogP contribution in [-0.4, -0.2) is 57.2 Å². The number of ether oxygens (including phenoxy) is 2. The van der Waals surface area contributed by atoms with Crippen molar-refractivity contribution in [3.63, 3.8) is 0 Å². The molecule has 0 aliphatic heterocycles. The highest BCUT2D eigenvalue weighted by atomic mass is 16.6. The van der Waals surface area contributed by atoms with Crippen LogP contribution in [-0.2, 0) is 14.3 Å². The molecule has 0 fully saturated rings. The number of nitrogens with zero attached hydrogens (tertiary/aromatic N) is 2. The fraction of sp³-hybridized carbons (Fsp3) is 0.667. The summed E-state index contributed by atoms with van der Waals surface area (Å²) in [6.45, 7) is 4.01. The van der Waals surface area contributed by atoms with E-state index in [2.05, 4.69) is 4.98 Å². The van der Waals surface area contributed by atoms with Gasteiger partial charge in [0, 0.05) is 6.20 Å². The van der Waals surface area contributed by atoms with E-state index < -0.39 is 49.4 Å². The van der Waals surface area contributed by atoms with Crippen LogP contribution in [0.2, 0.25) is 0 Å². The first kappa shape index (κ1) is 21.0. The summed E-state index contributed by atoms with van der Waals surface area (Å²) in [5.74, 6) is -0.712. The summed E-state index contributed by atoms with van der Waals surface area (Å²) in [4.78, 5) is 27.3. The highest BCUT2D eigenvalue weighted by Gasteiger charge is 2.28. The number of nitrogens with two attached hydrogens (primary N) is 2. The number of nitrogen functional groups attached to an aromatic ring is 1. The van der Waals surface area contributed by atoms with Crippen LogP contribution in [0.3, 0.4) is 0 Å². The molecule has 0 aromatic carbocycles. The van der Waals surface area contributed by atoms with Gasteiger partial charge in [-0.3, -0.25) is 9.36 Å². The molecule has 0 bridgehead atoms. The summed E-state index contributed by atoms with van der Waals surface area (Å²) in [7, 11) is 0. The van der Waals surface area contributed by atoms with Gasteiger partial charge in [-0.2, -0.15) is 4.98 Å². The van der Waals surface area contributed by atoms with Crippen molar-refractivity contribution in [1.82, 2.24) is 9.55 Å². The average Bonchev–Trinajstić information content (AvgIpc) is 2.55. The van der Waals surface area contributed by atoms with Crippen LogP contribution in [0, 0.1) is 5.92 Å². The van der Waals surface area contributed by atoms with Gasteiger partial charge in [-0.05, 0) is 18.9 Å². The highest BCUT2D eigenvalue weighted by Crippen LogP contribution is 2.14. The number of carbonyl (C=O) groups is 1. The minimum Gasteiger partial charge on any atom is -0.459 e. The Hall–Kier alpha value is -2.01. The van der Waals surface area contributed by atoms with Crippen LogP contribution in [0.4, 0.5) is 5.82 Å². The Morgan fingerprint density at radius 3 is 2.44 bits per heavy atom. The number of aliphatic hydroxyl groups excluding tert-OH is 2. The van der Waals surface area contributed by atoms with E-state index in [-0.39, 0.29) is 11.7 Å². The summed E-state index contributed by atoms with van der Waals surface area (Å²) in [5.41, 5.74) is 10.4. The molecule has 142 valence electrons. The third-order valence-electron chi connectivity index (χ3n) is 3.65. The lowest BCUT2D eigenvalue weighted by molar-refractivity contribution is -0.173. The molecule has 25 heavy (non-hydrogen) atoms. The Bertz CT molecular complexity index is 620. The first-order valence-electron chi connectivity index (χ1n) is 7.89. The zero-order valence-corrected chi connectivity index (χ0v) is 14.5. The second-order valence-electron chi connectivity index (χ2n) is 5.95. The van der Waals surface area contributed by atoms with Crippen molar-refractivity contribution in [2.45, 2.75) is 45.2 Å². The molecule has 4 atom stereocenters. The Labute approximate surface area is 145 Å². The minimum absolute atomic E-state index is 0.0293. The molecule has 0 aliphatic carbocycles. The Morgan fingerprint density at radius 1 is 1.32 bits per heavy atom. The minimum atomic E-state index is -1.13. The molecule has 6 N–H and O–H groups in total. The van der Waals surface area contributed by atoms with E-state index in [1.54, 1.807) is 13.8 Å². The second kappa shape index (κ2) is 9.47. The molecule has 1 rings (SSSR count). The largest absolute Gasteiger partial charge is 0.459 e. The molecular weight excluding hydrogens is 332 g/mol. The molecule has 10 nitrogen and oxygen atoms in total. The molecule has 0 radical (unpaired) electrons. The Balaban J connectivity index is 2.84. The number of anilines is 1. The third-order valence-corrected chi connectivity index (χ3v) is 3.65. The summed E-state index contributed by atoms with van der Waals surface area (Å²) < 4.78 is 11.7. The van der Waals surface area contributed by atoms with Crippen molar-refractivity contribution in [3.8, 4) is 0 Å². The van der Waals surface area contributed by atoms with Crippen LogP contribution < -0.4 is 17.2 Å². The van der Waals surface area contributed by atoms with Gasteiger partial charge in [0.15, 0.2) is 6.23 Å². The maximum Gasteiger partial charge on any atom is 0.351 e. The second-order valence-corrected chi connectivity index (χ2v) is 5.95. The molecule has 1 aromatic heterocycles. The smallest absolute Gasteiger partial charge is 0.351 e. The molecule has 0 aliphatic rings. The first-order valence-corrected chi connectivity index (χ1v) is 7.89. The summed E-state index contributed by atoms with van der Waals surface area (Å²) >= 11 is 0. The standard InChI is InChI=1S/C15H26N4O6/c1-8(2)13(17)14(22)24-9(3)10(6-20)25-12(7-21)19-5-4-11(16)18-15(19)23/h4-5,8-10,12-13,20-21H,6-7,17H2,1-3H3,(H2,16,18,23)/t9-,10-,12-,13+/m1/s1. The van der Waals surface area contributed by atoms with E-state index in [4.69, 9.17) is 20.9 Å². The van der Waals surface area contributed by atoms with Crippen LogP contribution in [0.25, 0.3) is 0 Å². The molecule has 1 heterocycles. The van der Waals surface area contributed by atoms with Crippen LogP contribution in [0.1, 0.15) is 27.0 Å². The normalized spacial score (nSPS) is 16.3. The highest BCUT2D eigenvalue weighted by molar-refractivity contribution is 5.75. The lowest BCUT2D eigenvalue weighted by Gasteiger charge is -2.28. The van der Waals surface area contributed by atoms with Gasteiger partial charge in [0.1, 0.15) is 24.1 Å². The molecule has 0 saturated heterocycles. The monoisotopic (exact) mass is 358 g/mol. The topological polar surface area (TPSA) is 163 Å². The number of aliphatic hydroxyl groups is 2. The van der Waals surface area contributed by atoms with E-state index in [0.717, 1.165) is 4.57 Å². The van der Waals surface area contributed by atoms with Crippen molar-refractivity contribution in [1.29, 1.82) is 0 Å². The Kier molecular flexibility index (Phi) is 7.97. The van der Waals surface area contributed by atoms with E-state index >= 15 is 0 Å². The lowest BCUT2D eigenvalue weighted by Crippen LogP contribution is -2.44. The van der Waals surface area contributed by atoms with E-state index in [1.807, 2.05) is 0 Å². The van der Waals surface area contributed by atoms with Crippen LogP contribution >= 0.6 is 0 Å². The van der Waals surface area contributed by atoms with Crippen LogP contribution in [0.5, 0.6) is 0 Å². The third kappa shape index (κ3) is 5.78. The SMILES string of the molecule is CC(C)[C@H](N)C(=O)O[C@H](C)[C@@H](CO)O[C@H](CO)n1ccc(N)nc1=O. The average molecular weight is 358 g/mol. The van der Waals surface area contributed by atoms with Gasteiger partial charge in [0.05, 0.1) is 13.2 Å². The molecule has 0 unspecified atom stereocenters. The summed E-state index contributed by atoms with van der Waals surface area (Å²) in [6.07, 6.45) is -1.65. The quantitative estimate of drug-likeness (QED) is 0.389. The first-order chi connectivity index (χ1) is 11.7. The maximum atomic E-state index is 11.9. The van der Waals surface area contributed by atoms with Gasteiger partial charge in [0.2, 0.25) is 0 Å². The molecule has 10 heteroatoms. The van der Waals surface area contributed by atoms with Crippen molar-refractivity contribution >= 4 is 11.8 Å². The van der Waals surface area contributed by atoms with E-state index in [9.17, 15) is 19.8 Å². The number of rotatable bonds is 9. The predicted octanol–water partition coefficient (Wildman–Crippen LogP) is -1.39. The van der Waals surface area contributed by atoms with Crippen LogP contribution in [0.15, 0.2) is 17.1 Å². The van der Waals surface area contributed by atoms with E-state index in [0.29, 0.717) is 0 Å². The molecule has 0 spiro atoms. The lowest BCUT2D eigenvalue weighted by atomic mass is 10.1. The fourth-order valence-electron chi connectivity index (χ4n) is 1.96. The van der Waals surface area contributed by atoms with Gasteiger partial charge in [-0.1, -0.05) is 13.8 Å². The number of carbonyl (C=O) groups excluding carboxylic acids is 1. The van der Waals surface area contributed by atoms with Gasteiger partial charge in [-0.15, -0.1) is 0 Å².